The lowest BCUT2D eigenvalue weighted by Crippen LogP contribution is -2.42. The highest BCUT2D eigenvalue weighted by atomic mass is 32.1. The molecule has 0 amide bonds. The maximum atomic E-state index is 4.90. The number of hydrogen-bond acceptors (Lipinski definition) is 4. The van der Waals surface area contributed by atoms with Gasteiger partial charge in [0.1, 0.15) is 0 Å². The number of anilines is 1. The fraction of sp³-hybridized carbons (Fsp3) is 0.789. The van der Waals surface area contributed by atoms with Gasteiger partial charge in [0.25, 0.3) is 0 Å². The molecule has 3 heterocycles. The number of guanidine groups is 1. The van der Waals surface area contributed by atoms with E-state index < -0.39 is 0 Å². The van der Waals surface area contributed by atoms with Crippen molar-refractivity contribution in [2.24, 2.45) is 10.4 Å². The minimum Gasteiger partial charge on any atom is -0.357 e. The van der Waals surface area contributed by atoms with E-state index in [1.54, 1.807) is 11.3 Å². The zero-order valence-corrected chi connectivity index (χ0v) is 16.3. The predicted octanol–water partition coefficient (Wildman–Crippen LogP) is 3.13. The normalized spacial score (nSPS) is 22.7. The van der Waals surface area contributed by atoms with Gasteiger partial charge in [-0.3, -0.25) is 4.99 Å². The Bertz CT molecular complexity index is 601. The highest BCUT2D eigenvalue weighted by Gasteiger charge is 2.43. The molecule has 1 aromatic heterocycles. The molecule has 5 nitrogen and oxygen atoms in total. The molecule has 1 N–H and O–H groups in total. The molecule has 2 aliphatic heterocycles. The van der Waals surface area contributed by atoms with Crippen molar-refractivity contribution in [2.45, 2.75) is 51.9 Å². The van der Waals surface area contributed by atoms with Crippen LogP contribution in [0.1, 0.15) is 51.1 Å². The van der Waals surface area contributed by atoms with Gasteiger partial charge in [-0.1, -0.05) is 6.42 Å². The zero-order chi connectivity index (χ0) is 17.1. The van der Waals surface area contributed by atoms with Crippen molar-refractivity contribution in [2.75, 3.05) is 44.2 Å². The van der Waals surface area contributed by atoms with Crippen molar-refractivity contribution in [3.05, 3.63) is 11.1 Å². The molecule has 4 rings (SSSR count). The predicted molar refractivity (Wildman–Crippen MR) is 106 cm³/mol. The monoisotopic (exact) mass is 361 g/mol. The van der Waals surface area contributed by atoms with Crippen LogP contribution in [0.15, 0.2) is 10.4 Å². The summed E-state index contributed by atoms with van der Waals surface area (Å²) in [5.41, 5.74) is 1.82. The third-order valence-corrected chi connectivity index (χ3v) is 6.98. The summed E-state index contributed by atoms with van der Waals surface area (Å²) in [6, 6.07) is 0. The summed E-state index contributed by atoms with van der Waals surface area (Å²) in [5.74, 6) is 1.11. The second-order valence-electron chi connectivity index (χ2n) is 7.83. The first-order valence-corrected chi connectivity index (χ1v) is 10.9. The van der Waals surface area contributed by atoms with Crippen LogP contribution < -0.4 is 10.2 Å². The minimum atomic E-state index is 0.621. The van der Waals surface area contributed by atoms with Gasteiger partial charge in [0.05, 0.1) is 5.69 Å². The van der Waals surface area contributed by atoms with Crippen LogP contribution in [0.25, 0.3) is 0 Å². The van der Waals surface area contributed by atoms with Crippen LogP contribution in [0.4, 0.5) is 5.13 Å². The number of aromatic nitrogens is 1. The SMILES string of the molecule is CCNC(=NCCc1csc(N2CCCC2)n1)N1CCC2(CCC2)C1. The molecule has 0 atom stereocenters. The van der Waals surface area contributed by atoms with Crippen LogP contribution in [-0.2, 0) is 6.42 Å². The molecule has 2 saturated heterocycles. The van der Waals surface area contributed by atoms with Crippen molar-refractivity contribution < 1.29 is 0 Å². The maximum Gasteiger partial charge on any atom is 0.193 e. The number of hydrogen-bond donors (Lipinski definition) is 1. The quantitative estimate of drug-likeness (QED) is 0.646. The van der Waals surface area contributed by atoms with Crippen LogP contribution >= 0.6 is 11.3 Å². The Kier molecular flexibility index (Phi) is 5.15. The summed E-state index contributed by atoms with van der Waals surface area (Å²) in [7, 11) is 0. The van der Waals surface area contributed by atoms with E-state index in [-0.39, 0.29) is 0 Å². The highest BCUT2D eigenvalue weighted by Crippen LogP contribution is 2.47. The summed E-state index contributed by atoms with van der Waals surface area (Å²) < 4.78 is 0. The van der Waals surface area contributed by atoms with E-state index in [1.165, 1.54) is 75.5 Å². The first kappa shape index (κ1) is 17.1. The Hall–Kier alpha value is -1.30. The molecular weight excluding hydrogens is 330 g/mol. The first-order chi connectivity index (χ1) is 12.3. The number of nitrogens with zero attached hydrogens (tertiary/aromatic N) is 4. The Balaban J connectivity index is 1.32. The minimum absolute atomic E-state index is 0.621. The number of aliphatic imine (C=N–C) groups is 1. The number of rotatable bonds is 5. The van der Waals surface area contributed by atoms with Gasteiger partial charge in [-0.15, -0.1) is 11.3 Å². The van der Waals surface area contributed by atoms with E-state index in [9.17, 15) is 0 Å². The van der Waals surface area contributed by atoms with Crippen molar-refractivity contribution in [3.63, 3.8) is 0 Å². The van der Waals surface area contributed by atoms with Gasteiger partial charge in [-0.2, -0.15) is 0 Å². The molecule has 138 valence electrons. The summed E-state index contributed by atoms with van der Waals surface area (Å²) in [6.07, 6.45) is 9.17. The number of thiazole rings is 1. The Morgan fingerprint density at radius 2 is 2.08 bits per heavy atom. The Morgan fingerprint density at radius 1 is 1.24 bits per heavy atom. The molecule has 6 heteroatoms. The highest BCUT2D eigenvalue weighted by molar-refractivity contribution is 7.13. The van der Waals surface area contributed by atoms with Gasteiger partial charge < -0.3 is 15.1 Å². The second-order valence-corrected chi connectivity index (χ2v) is 8.66. The lowest BCUT2D eigenvalue weighted by atomic mass is 9.68. The fourth-order valence-corrected chi connectivity index (χ4v) is 5.28. The molecule has 1 aliphatic carbocycles. The van der Waals surface area contributed by atoms with E-state index >= 15 is 0 Å². The molecule has 0 bridgehead atoms. The van der Waals surface area contributed by atoms with Gasteiger partial charge in [-0.05, 0) is 44.4 Å². The summed E-state index contributed by atoms with van der Waals surface area (Å²) in [5, 5.41) is 6.92. The van der Waals surface area contributed by atoms with Crippen molar-refractivity contribution in [1.82, 2.24) is 15.2 Å². The molecule has 1 spiro atoms. The molecule has 0 radical (unpaired) electrons. The van der Waals surface area contributed by atoms with Gasteiger partial charge in [-0.25, -0.2) is 4.98 Å². The molecule has 1 aromatic rings. The molecule has 3 aliphatic rings. The lowest BCUT2D eigenvalue weighted by molar-refractivity contribution is 0.151. The van der Waals surface area contributed by atoms with E-state index in [1.807, 2.05) is 0 Å². The number of nitrogens with one attached hydrogen (secondary N) is 1. The maximum absolute atomic E-state index is 4.90. The molecule has 0 aromatic carbocycles. The van der Waals surface area contributed by atoms with Crippen LogP contribution in [0, 0.1) is 5.41 Å². The van der Waals surface area contributed by atoms with E-state index in [4.69, 9.17) is 9.98 Å². The first-order valence-electron chi connectivity index (χ1n) is 10.0. The topological polar surface area (TPSA) is 43.8 Å². The van der Waals surface area contributed by atoms with Crippen LogP contribution in [0.3, 0.4) is 0 Å². The standard InChI is InChI=1S/C19H31N5S/c1-2-20-17(24-13-9-19(15-24)7-5-8-19)21-10-6-16-14-25-18(22-16)23-11-3-4-12-23/h14H,2-13,15H2,1H3,(H,20,21). The third-order valence-electron chi connectivity index (χ3n) is 6.03. The summed E-state index contributed by atoms with van der Waals surface area (Å²) >= 11 is 1.79. The summed E-state index contributed by atoms with van der Waals surface area (Å²) in [4.78, 5) is 14.6. The second kappa shape index (κ2) is 7.52. The smallest absolute Gasteiger partial charge is 0.193 e. The fourth-order valence-electron chi connectivity index (χ4n) is 4.37. The zero-order valence-electron chi connectivity index (χ0n) is 15.5. The van der Waals surface area contributed by atoms with Gasteiger partial charge in [0, 0.05) is 51.1 Å². The van der Waals surface area contributed by atoms with E-state index in [2.05, 4.69) is 27.4 Å². The van der Waals surface area contributed by atoms with Crippen molar-refractivity contribution >= 4 is 22.4 Å². The molecular formula is C19H31N5S. The Morgan fingerprint density at radius 3 is 2.76 bits per heavy atom. The lowest BCUT2D eigenvalue weighted by Gasteiger charge is -2.38. The van der Waals surface area contributed by atoms with Gasteiger partial charge in [0.2, 0.25) is 0 Å². The molecule has 3 fully saturated rings. The average molecular weight is 362 g/mol. The summed E-state index contributed by atoms with van der Waals surface area (Å²) in [6.45, 7) is 8.65. The molecule has 1 saturated carbocycles. The third kappa shape index (κ3) is 3.78. The van der Waals surface area contributed by atoms with Crippen LogP contribution in [0.5, 0.6) is 0 Å². The van der Waals surface area contributed by atoms with Crippen LogP contribution in [-0.4, -0.2) is 55.1 Å². The average Bonchev–Trinajstić information content (AvgIpc) is 3.32. The van der Waals surface area contributed by atoms with Crippen molar-refractivity contribution in [3.8, 4) is 0 Å². The van der Waals surface area contributed by atoms with E-state index in [0.717, 1.165) is 25.5 Å². The largest absolute Gasteiger partial charge is 0.357 e. The number of likely N-dealkylation sites (tertiary alicyclic amines) is 1. The van der Waals surface area contributed by atoms with E-state index in [0.29, 0.717) is 5.41 Å². The molecule has 25 heavy (non-hydrogen) atoms. The van der Waals surface area contributed by atoms with Gasteiger partial charge in [0.15, 0.2) is 11.1 Å². The van der Waals surface area contributed by atoms with Crippen LogP contribution in [0.2, 0.25) is 0 Å². The van der Waals surface area contributed by atoms with Gasteiger partial charge >= 0.3 is 0 Å². The molecule has 0 unspecified atom stereocenters. The Labute approximate surface area is 155 Å². The van der Waals surface area contributed by atoms with Crippen molar-refractivity contribution in [1.29, 1.82) is 0 Å².